The van der Waals surface area contributed by atoms with Crippen molar-refractivity contribution in [3.8, 4) is 0 Å². The maximum Gasteiger partial charge on any atom is 0.294 e. The van der Waals surface area contributed by atoms with Crippen LogP contribution in [0.4, 0.5) is 5.82 Å². The Hall–Kier alpha value is -3.12. The highest BCUT2D eigenvalue weighted by Crippen LogP contribution is 2.13. The first-order chi connectivity index (χ1) is 16.4. The number of benzene rings is 1. The van der Waals surface area contributed by atoms with Crippen LogP contribution in [0, 0.1) is 5.41 Å². The summed E-state index contributed by atoms with van der Waals surface area (Å²) in [6.45, 7) is 1.26. The van der Waals surface area contributed by atoms with E-state index in [4.69, 9.17) is 10.6 Å². The van der Waals surface area contributed by atoms with Gasteiger partial charge < -0.3 is 21.3 Å². The highest BCUT2D eigenvalue weighted by molar-refractivity contribution is 7.99. The summed E-state index contributed by atoms with van der Waals surface area (Å²) in [7, 11) is 0. The van der Waals surface area contributed by atoms with Gasteiger partial charge in [-0.15, -0.1) is 11.8 Å². The van der Waals surface area contributed by atoms with Crippen LogP contribution in [-0.2, 0) is 15.3 Å². The standard InChI is InChI=1S/C22H28N6O4S2/c1-15(23)18(27-32)11-25-20-22(31)28(9-8-24-20)19(14-33-2)21(30)26-10-17(29)13-34-12-16-6-4-3-5-7-16/h3-9,19,23,32H,10-14H2,1-2H3,(H,24,25)(H,26,30)/b23-15?,27-18-. The Morgan fingerprint density at radius 3 is 2.65 bits per heavy atom. The van der Waals surface area contributed by atoms with E-state index in [1.165, 1.54) is 47.4 Å². The lowest BCUT2D eigenvalue weighted by Crippen LogP contribution is -2.41. The Bertz CT molecular complexity index is 1070. The summed E-state index contributed by atoms with van der Waals surface area (Å²) in [6.07, 6.45) is 4.60. The van der Waals surface area contributed by atoms with Gasteiger partial charge >= 0.3 is 0 Å². The van der Waals surface area contributed by atoms with Crippen LogP contribution in [-0.4, -0.2) is 68.7 Å². The average Bonchev–Trinajstić information content (AvgIpc) is 2.83. The monoisotopic (exact) mass is 504 g/mol. The van der Waals surface area contributed by atoms with E-state index in [2.05, 4.69) is 20.8 Å². The summed E-state index contributed by atoms with van der Waals surface area (Å²) >= 11 is 2.87. The number of hydrogen-bond donors (Lipinski definition) is 4. The van der Waals surface area contributed by atoms with Gasteiger partial charge in [-0.1, -0.05) is 35.5 Å². The van der Waals surface area contributed by atoms with Crippen molar-refractivity contribution in [1.82, 2.24) is 14.9 Å². The molecule has 1 amide bonds. The van der Waals surface area contributed by atoms with E-state index >= 15 is 0 Å². The summed E-state index contributed by atoms with van der Waals surface area (Å²) in [4.78, 5) is 42.0. The lowest BCUT2D eigenvalue weighted by atomic mass is 10.2. The Morgan fingerprint density at radius 1 is 1.26 bits per heavy atom. The minimum atomic E-state index is -0.841. The number of nitrogens with zero attached hydrogens (tertiary/aromatic N) is 3. The molecule has 0 aliphatic carbocycles. The molecule has 0 radical (unpaired) electrons. The molecule has 182 valence electrons. The van der Waals surface area contributed by atoms with Gasteiger partial charge in [0.2, 0.25) is 5.91 Å². The maximum atomic E-state index is 12.9. The van der Waals surface area contributed by atoms with Crippen LogP contribution < -0.4 is 16.2 Å². The van der Waals surface area contributed by atoms with Gasteiger partial charge in [0.1, 0.15) is 11.8 Å². The summed E-state index contributed by atoms with van der Waals surface area (Å²) in [5.41, 5.74) is 0.677. The van der Waals surface area contributed by atoms with Crippen molar-refractivity contribution >= 4 is 52.5 Å². The Kier molecular flexibility index (Phi) is 11.3. The van der Waals surface area contributed by atoms with E-state index in [0.717, 1.165) is 5.56 Å². The largest absolute Gasteiger partial charge is 0.411 e. The van der Waals surface area contributed by atoms with Crippen molar-refractivity contribution in [2.45, 2.75) is 18.7 Å². The molecule has 0 saturated heterocycles. The van der Waals surface area contributed by atoms with E-state index in [0.29, 0.717) is 11.5 Å². The number of oxime groups is 1. The molecule has 12 heteroatoms. The number of thioether (sulfide) groups is 2. The molecule has 0 bridgehead atoms. The van der Waals surface area contributed by atoms with Crippen LogP contribution in [0.5, 0.6) is 0 Å². The number of hydrogen-bond acceptors (Lipinski definition) is 10. The van der Waals surface area contributed by atoms with Crippen LogP contribution in [0.25, 0.3) is 0 Å². The second-order valence-electron chi connectivity index (χ2n) is 7.22. The fourth-order valence-electron chi connectivity index (χ4n) is 2.85. The predicted octanol–water partition coefficient (Wildman–Crippen LogP) is 2.05. The van der Waals surface area contributed by atoms with Crippen molar-refractivity contribution < 1.29 is 14.8 Å². The predicted molar refractivity (Wildman–Crippen MR) is 138 cm³/mol. The third kappa shape index (κ3) is 8.34. The maximum absolute atomic E-state index is 12.9. The molecule has 0 aliphatic rings. The average molecular weight is 505 g/mol. The number of amides is 1. The fraction of sp³-hybridized carbons (Fsp3) is 0.364. The van der Waals surface area contributed by atoms with Crippen LogP contribution in [0.1, 0.15) is 18.5 Å². The molecule has 1 heterocycles. The smallest absolute Gasteiger partial charge is 0.294 e. The number of aromatic nitrogens is 2. The molecule has 0 aliphatic heterocycles. The molecule has 2 rings (SSSR count). The van der Waals surface area contributed by atoms with Crippen LogP contribution in [0.15, 0.2) is 52.7 Å². The third-order valence-corrected chi connectivity index (χ3v) is 6.35. The molecule has 0 spiro atoms. The topological polar surface area (TPSA) is 150 Å². The van der Waals surface area contributed by atoms with Crippen LogP contribution in [0.3, 0.4) is 0 Å². The quantitative estimate of drug-likeness (QED) is 0.173. The Labute approximate surface area is 206 Å². The lowest BCUT2D eigenvalue weighted by Gasteiger charge is -2.19. The summed E-state index contributed by atoms with van der Waals surface area (Å²) < 4.78 is 1.25. The Balaban J connectivity index is 1.98. The van der Waals surface area contributed by atoms with Crippen molar-refractivity contribution in [3.63, 3.8) is 0 Å². The SMILES string of the molecule is CSCC(C(=O)NCC(=O)CSCc1ccccc1)n1ccnc(NC/C(=N/O)C(C)=N)c1=O. The molecular formula is C22H28N6O4S2. The van der Waals surface area contributed by atoms with Crippen LogP contribution >= 0.6 is 23.5 Å². The van der Waals surface area contributed by atoms with E-state index in [-0.39, 0.29) is 41.9 Å². The number of anilines is 1. The number of nitrogens with one attached hydrogen (secondary N) is 3. The van der Waals surface area contributed by atoms with Gasteiger partial charge in [0.15, 0.2) is 11.6 Å². The van der Waals surface area contributed by atoms with E-state index < -0.39 is 17.5 Å². The molecule has 0 saturated carbocycles. The summed E-state index contributed by atoms with van der Waals surface area (Å²) in [5.74, 6) is 0.694. The fourth-order valence-corrected chi connectivity index (χ4v) is 4.34. The normalized spacial score (nSPS) is 12.1. The zero-order valence-corrected chi connectivity index (χ0v) is 20.6. The van der Waals surface area contributed by atoms with Gasteiger partial charge in [-0.2, -0.15) is 11.8 Å². The van der Waals surface area contributed by atoms with Gasteiger partial charge in [-0.3, -0.25) is 19.0 Å². The molecule has 34 heavy (non-hydrogen) atoms. The molecule has 1 unspecified atom stereocenters. The zero-order chi connectivity index (χ0) is 24.9. The zero-order valence-electron chi connectivity index (χ0n) is 19.0. The number of Topliss-reactive ketones (excluding diaryl/α,β-unsaturated/α-hetero) is 1. The molecule has 4 N–H and O–H groups in total. The first-order valence-corrected chi connectivity index (χ1v) is 12.9. The first-order valence-electron chi connectivity index (χ1n) is 10.3. The van der Waals surface area contributed by atoms with E-state index in [1.807, 2.05) is 36.6 Å². The van der Waals surface area contributed by atoms with E-state index in [1.54, 1.807) is 0 Å². The van der Waals surface area contributed by atoms with Gasteiger partial charge in [-0.25, -0.2) is 4.98 Å². The van der Waals surface area contributed by atoms with Crippen LogP contribution in [0.2, 0.25) is 0 Å². The molecular weight excluding hydrogens is 476 g/mol. The molecule has 2 aromatic rings. The molecule has 1 aromatic heterocycles. The highest BCUT2D eigenvalue weighted by atomic mass is 32.2. The summed E-state index contributed by atoms with van der Waals surface area (Å²) in [6, 6.07) is 8.97. The second kappa shape index (κ2) is 14.2. The molecule has 1 atom stereocenters. The van der Waals surface area contributed by atoms with Gasteiger partial charge in [0, 0.05) is 23.9 Å². The number of carbonyl (C=O) groups excluding carboxylic acids is 2. The third-order valence-electron chi connectivity index (χ3n) is 4.64. The van der Waals surface area contributed by atoms with E-state index in [9.17, 15) is 14.4 Å². The van der Waals surface area contributed by atoms with Crippen molar-refractivity contribution in [1.29, 1.82) is 5.41 Å². The summed E-state index contributed by atoms with van der Waals surface area (Å²) in [5, 5.41) is 24.9. The van der Waals surface area contributed by atoms with Crippen molar-refractivity contribution in [2.24, 2.45) is 5.16 Å². The van der Waals surface area contributed by atoms with Gasteiger partial charge in [0.25, 0.3) is 5.56 Å². The first kappa shape index (κ1) is 27.1. The minimum Gasteiger partial charge on any atom is -0.411 e. The van der Waals surface area contributed by atoms with Crippen molar-refractivity contribution in [3.05, 3.63) is 58.6 Å². The van der Waals surface area contributed by atoms with Gasteiger partial charge in [0.05, 0.1) is 24.6 Å². The minimum absolute atomic E-state index is 0.0393. The number of carbonyl (C=O) groups is 2. The molecule has 0 fully saturated rings. The number of ketones is 1. The van der Waals surface area contributed by atoms with Gasteiger partial charge in [-0.05, 0) is 18.7 Å². The molecule has 1 aromatic carbocycles. The lowest BCUT2D eigenvalue weighted by molar-refractivity contribution is -0.126. The number of rotatable bonds is 14. The van der Waals surface area contributed by atoms with Crippen molar-refractivity contribution in [2.75, 3.05) is 36.2 Å². The second-order valence-corrected chi connectivity index (χ2v) is 9.12. The highest BCUT2D eigenvalue weighted by Gasteiger charge is 2.23. The molecule has 10 nitrogen and oxygen atoms in total. The Morgan fingerprint density at radius 2 is 2.00 bits per heavy atom.